The van der Waals surface area contributed by atoms with Crippen LogP contribution in [0.15, 0.2) is 36.5 Å². The van der Waals surface area contributed by atoms with E-state index in [1.54, 1.807) is 6.08 Å². The molecule has 3 N–H and O–H groups in total. The molecule has 0 aliphatic rings. The van der Waals surface area contributed by atoms with Gasteiger partial charge in [0.25, 0.3) is 0 Å². The summed E-state index contributed by atoms with van der Waals surface area (Å²) in [7, 11) is 0. The minimum absolute atomic E-state index is 0.0114. The number of aliphatic hydroxyl groups is 2. The van der Waals surface area contributed by atoms with E-state index in [1.807, 2.05) is 6.08 Å². The van der Waals surface area contributed by atoms with Gasteiger partial charge >= 0.3 is 5.97 Å². The Morgan fingerprint density at radius 2 is 0.704 bits per heavy atom. The quantitative estimate of drug-likeness (QED) is 0.0321. The van der Waals surface area contributed by atoms with Crippen LogP contribution >= 0.6 is 0 Å². The summed E-state index contributed by atoms with van der Waals surface area (Å²) in [6.45, 7) is 4.88. The van der Waals surface area contributed by atoms with E-state index in [0.29, 0.717) is 19.4 Å². The number of esters is 1. The molecule has 0 aromatic heterocycles. The van der Waals surface area contributed by atoms with Crippen molar-refractivity contribution < 1.29 is 24.5 Å². The molecular weight excluding hydrogens is 875 g/mol. The molecule has 6 nitrogen and oxygen atoms in total. The molecule has 0 radical (unpaired) electrons. The average Bonchev–Trinajstić information content (AvgIpc) is 3.37. The van der Waals surface area contributed by atoms with Gasteiger partial charge in [-0.3, -0.25) is 9.59 Å². The number of ether oxygens (including phenoxy) is 1. The lowest BCUT2D eigenvalue weighted by Crippen LogP contribution is -2.45. The number of carbonyl (C=O) groups excluding carboxylic acids is 2. The van der Waals surface area contributed by atoms with Crippen molar-refractivity contribution in [3.8, 4) is 0 Å². The van der Waals surface area contributed by atoms with E-state index in [-0.39, 0.29) is 18.5 Å². The summed E-state index contributed by atoms with van der Waals surface area (Å²) >= 11 is 0. The first kappa shape index (κ1) is 69.1. The van der Waals surface area contributed by atoms with Crippen LogP contribution in [0.1, 0.15) is 341 Å². The highest BCUT2D eigenvalue weighted by molar-refractivity contribution is 5.76. The molecule has 2 unspecified atom stereocenters. The van der Waals surface area contributed by atoms with Crippen molar-refractivity contribution >= 4 is 11.9 Å². The van der Waals surface area contributed by atoms with Crippen molar-refractivity contribution in [2.24, 2.45) is 0 Å². The van der Waals surface area contributed by atoms with Crippen molar-refractivity contribution in [2.75, 3.05) is 13.2 Å². The van der Waals surface area contributed by atoms with E-state index in [9.17, 15) is 19.8 Å². The van der Waals surface area contributed by atoms with Crippen LogP contribution in [-0.2, 0) is 14.3 Å². The van der Waals surface area contributed by atoms with Crippen LogP contribution in [0.5, 0.6) is 0 Å². The van der Waals surface area contributed by atoms with Gasteiger partial charge in [-0.15, -0.1) is 0 Å². The van der Waals surface area contributed by atoms with E-state index >= 15 is 0 Å². The summed E-state index contributed by atoms with van der Waals surface area (Å²) in [6.07, 6.45) is 76.1. The van der Waals surface area contributed by atoms with Gasteiger partial charge < -0.3 is 20.3 Å². The van der Waals surface area contributed by atoms with E-state index in [1.165, 1.54) is 257 Å². The standard InChI is InChI=1S/C65H123NO5/c1-3-5-7-9-11-13-15-17-19-20-21-22-23-24-25-26-30-33-37-41-45-49-53-57-63(68)62(61-67)66-64(69)58-54-50-46-42-38-34-31-27-28-32-36-40-44-48-52-56-60-71-65(70)59-55-51-47-43-39-35-29-18-16-14-12-10-8-6-4-2/h12,14,18,29,53,57,62-63,67-68H,3-11,13,15-17,19-28,30-52,54-56,58-61H2,1-2H3,(H,66,69)/b14-12-,29-18-,57-53+. The summed E-state index contributed by atoms with van der Waals surface area (Å²) in [5.74, 6) is -0.0837. The lowest BCUT2D eigenvalue weighted by molar-refractivity contribution is -0.143. The van der Waals surface area contributed by atoms with Gasteiger partial charge in [-0.1, -0.05) is 301 Å². The lowest BCUT2D eigenvalue weighted by atomic mass is 10.0. The van der Waals surface area contributed by atoms with Crippen LogP contribution in [0.25, 0.3) is 0 Å². The first-order chi connectivity index (χ1) is 35.0. The minimum atomic E-state index is -0.851. The molecule has 71 heavy (non-hydrogen) atoms. The number of allylic oxidation sites excluding steroid dienone is 5. The zero-order valence-corrected chi connectivity index (χ0v) is 47.7. The molecule has 0 rings (SSSR count). The maximum absolute atomic E-state index is 12.5. The molecule has 0 spiro atoms. The number of unbranched alkanes of at least 4 members (excludes halogenated alkanes) is 44. The van der Waals surface area contributed by atoms with Crippen LogP contribution < -0.4 is 5.32 Å². The topological polar surface area (TPSA) is 95.9 Å². The number of hydrogen-bond donors (Lipinski definition) is 3. The average molecular weight is 999 g/mol. The van der Waals surface area contributed by atoms with E-state index in [2.05, 4.69) is 43.5 Å². The highest BCUT2D eigenvalue weighted by Gasteiger charge is 2.18. The number of hydrogen-bond acceptors (Lipinski definition) is 5. The molecule has 418 valence electrons. The van der Waals surface area contributed by atoms with Gasteiger partial charge in [-0.2, -0.15) is 0 Å². The highest BCUT2D eigenvalue weighted by Crippen LogP contribution is 2.18. The second-order valence-corrected chi connectivity index (χ2v) is 21.7. The molecule has 0 aromatic rings. The maximum Gasteiger partial charge on any atom is 0.305 e. The molecule has 0 bridgehead atoms. The van der Waals surface area contributed by atoms with Crippen LogP contribution in [-0.4, -0.2) is 47.4 Å². The smallest absolute Gasteiger partial charge is 0.305 e. The fourth-order valence-corrected chi connectivity index (χ4v) is 9.78. The van der Waals surface area contributed by atoms with Gasteiger partial charge in [0.15, 0.2) is 0 Å². The van der Waals surface area contributed by atoms with Crippen LogP contribution in [0.2, 0.25) is 0 Å². The Kier molecular flexibility index (Phi) is 59.0. The van der Waals surface area contributed by atoms with E-state index < -0.39 is 12.1 Å². The Labute approximate surface area is 443 Å². The van der Waals surface area contributed by atoms with Gasteiger partial charge in [0, 0.05) is 12.8 Å². The van der Waals surface area contributed by atoms with Crippen molar-refractivity contribution in [3.63, 3.8) is 0 Å². The summed E-state index contributed by atoms with van der Waals surface area (Å²) < 4.78 is 5.47. The number of rotatable bonds is 59. The van der Waals surface area contributed by atoms with Crippen LogP contribution in [0, 0.1) is 0 Å². The van der Waals surface area contributed by atoms with Crippen molar-refractivity contribution in [2.45, 2.75) is 353 Å². The minimum Gasteiger partial charge on any atom is -0.466 e. The third kappa shape index (κ3) is 57.2. The van der Waals surface area contributed by atoms with Crippen LogP contribution in [0.3, 0.4) is 0 Å². The van der Waals surface area contributed by atoms with Gasteiger partial charge in [0.1, 0.15) is 0 Å². The molecule has 6 heteroatoms. The molecule has 0 aliphatic carbocycles. The van der Waals surface area contributed by atoms with Crippen LogP contribution in [0.4, 0.5) is 0 Å². The highest BCUT2D eigenvalue weighted by atomic mass is 16.5. The summed E-state index contributed by atoms with van der Waals surface area (Å²) in [5.41, 5.74) is 0. The Balaban J connectivity index is 3.46. The fraction of sp³-hybridized carbons (Fsp3) is 0.877. The van der Waals surface area contributed by atoms with E-state index in [0.717, 1.165) is 57.8 Å². The zero-order valence-electron chi connectivity index (χ0n) is 47.7. The summed E-state index contributed by atoms with van der Waals surface area (Å²) in [5, 5.41) is 23.2. The fourth-order valence-electron chi connectivity index (χ4n) is 9.78. The Hall–Kier alpha value is -1.92. The van der Waals surface area contributed by atoms with Crippen molar-refractivity contribution in [1.82, 2.24) is 5.32 Å². The predicted molar refractivity (Wildman–Crippen MR) is 310 cm³/mol. The first-order valence-corrected chi connectivity index (χ1v) is 31.8. The van der Waals surface area contributed by atoms with Crippen molar-refractivity contribution in [1.29, 1.82) is 0 Å². The molecule has 0 aliphatic heterocycles. The summed E-state index contributed by atoms with van der Waals surface area (Å²) in [6, 6.07) is -0.635. The number of aliphatic hydroxyl groups excluding tert-OH is 2. The first-order valence-electron chi connectivity index (χ1n) is 31.8. The molecule has 0 saturated heterocycles. The molecular formula is C65H123NO5. The van der Waals surface area contributed by atoms with Gasteiger partial charge in [-0.25, -0.2) is 0 Å². The number of nitrogens with one attached hydrogen (secondary N) is 1. The van der Waals surface area contributed by atoms with Gasteiger partial charge in [0.2, 0.25) is 5.91 Å². The molecule has 0 fully saturated rings. The third-order valence-electron chi connectivity index (χ3n) is 14.7. The molecule has 0 heterocycles. The van der Waals surface area contributed by atoms with Crippen molar-refractivity contribution in [3.05, 3.63) is 36.5 Å². The predicted octanol–water partition coefficient (Wildman–Crippen LogP) is 20.0. The maximum atomic E-state index is 12.5. The molecule has 0 saturated carbocycles. The van der Waals surface area contributed by atoms with Gasteiger partial charge in [-0.05, 0) is 64.2 Å². The van der Waals surface area contributed by atoms with Gasteiger partial charge in [0.05, 0.1) is 25.4 Å². The summed E-state index contributed by atoms with van der Waals surface area (Å²) in [4.78, 5) is 24.6. The lowest BCUT2D eigenvalue weighted by Gasteiger charge is -2.20. The third-order valence-corrected chi connectivity index (χ3v) is 14.7. The SMILES string of the molecule is CCCCC/C=C\C/C=C\CCCCCCCC(=O)OCCCCCCCCCCCCCCCCCCC(=O)NC(CO)C(O)/C=C/CCCCCCCCCCCCCCCCCCCCCCC. The normalized spacial score (nSPS) is 12.8. The number of carbonyl (C=O) groups is 2. The zero-order chi connectivity index (χ0) is 51.4. The Morgan fingerprint density at radius 1 is 0.394 bits per heavy atom. The van der Waals surface area contributed by atoms with E-state index in [4.69, 9.17) is 4.74 Å². The Morgan fingerprint density at radius 3 is 1.10 bits per heavy atom. The second kappa shape index (κ2) is 60.6. The molecule has 2 atom stereocenters. The molecule has 0 aromatic carbocycles. The largest absolute Gasteiger partial charge is 0.466 e. The number of amides is 1. The molecule has 1 amide bonds. The Bertz CT molecular complexity index is 1150. The monoisotopic (exact) mass is 998 g/mol. The second-order valence-electron chi connectivity index (χ2n) is 21.7.